The largest absolute Gasteiger partial charge is 0.361 e. The summed E-state index contributed by atoms with van der Waals surface area (Å²) in [5, 5.41) is 0. The molecule has 1 aromatic carbocycles. The number of aryl methyl sites for hydroxylation is 2. The predicted octanol–water partition coefficient (Wildman–Crippen LogP) is 2.84. The number of fused-ring (bicyclic) bond motifs is 1. The second kappa shape index (κ2) is 5.63. The second-order valence-corrected chi connectivity index (χ2v) is 5.44. The van der Waals surface area contributed by atoms with Gasteiger partial charge in [-0.1, -0.05) is 23.8 Å². The fraction of sp³-hybridized carbons (Fsp3) is 0.353. The van der Waals surface area contributed by atoms with Crippen LogP contribution in [-0.4, -0.2) is 18.1 Å². The first-order chi connectivity index (χ1) is 9.79. The van der Waals surface area contributed by atoms with Crippen LogP contribution in [0.4, 0.5) is 5.69 Å². The Morgan fingerprint density at radius 1 is 1.30 bits per heavy atom. The van der Waals surface area contributed by atoms with Gasteiger partial charge in [0.25, 0.3) is 0 Å². The van der Waals surface area contributed by atoms with Crippen LogP contribution >= 0.6 is 0 Å². The molecular weight excluding hydrogens is 246 g/mol. The summed E-state index contributed by atoms with van der Waals surface area (Å²) in [6.45, 7) is 3.79. The van der Waals surface area contributed by atoms with Crippen LogP contribution in [0.25, 0.3) is 0 Å². The van der Waals surface area contributed by atoms with E-state index >= 15 is 0 Å². The quantitative estimate of drug-likeness (QED) is 0.930. The fourth-order valence-corrected chi connectivity index (χ4v) is 3.06. The topological polar surface area (TPSA) is 42.1 Å². The minimum Gasteiger partial charge on any atom is -0.361 e. The van der Waals surface area contributed by atoms with Gasteiger partial charge in [-0.2, -0.15) is 0 Å². The van der Waals surface area contributed by atoms with Gasteiger partial charge in [-0.3, -0.25) is 4.98 Å². The van der Waals surface area contributed by atoms with Crippen molar-refractivity contribution in [2.45, 2.75) is 25.8 Å². The molecule has 0 radical (unpaired) electrons. The predicted molar refractivity (Wildman–Crippen MR) is 82.9 cm³/mol. The van der Waals surface area contributed by atoms with Gasteiger partial charge in [0, 0.05) is 25.0 Å². The zero-order chi connectivity index (χ0) is 13.9. The van der Waals surface area contributed by atoms with Crippen LogP contribution in [0.1, 0.15) is 29.3 Å². The van der Waals surface area contributed by atoms with Crippen LogP contribution < -0.4 is 10.6 Å². The van der Waals surface area contributed by atoms with E-state index in [1.54, 1.807) is 0 Å². The van der Waals surface area contributed by atoms with Gasteiger partial charge in [0.1, 0.15) is 0 Å². The number of benzene rings is 1. The minimum atomic E-state index is 0.165. The third-order valence-corrected chi connectivity index (χ3v) is 4.02. The summed E-state index contributed by atoms with van der Waals surface area (Å²) in [7, 11) is 0. The Bertz CT molecular complexity index is 580. The summed E-state index contributed by atoms with van der Waals surface area (Å²) in [6, 6.07) is 12.9. The van der Waals surface area contributed by atoms with E-state index < -0.39 is 0 Å². The average Bonchev–Trinajstić information content (AvgIpc) is 2.49. The van der Waals surface area contributed by atoms with E-state index in [9.17, 15) is 0 Å². The van der Waals surface area contributed by atoms with Crippen molar-refractivity contribution in [1.29, 1.82) is 0 Å². The molecular formula is C17H21N3. The Morgan fingerprint density at radius 3 is 2.95 bits per heavy atom. The molecule has 0 bridgehead atoms. The standard InChI is InChI=1S/C17H21N3/c1-13-7-8-16-14(11-13)5-4-10-20(16)17(12-18)15-6-2-3-9-19-15/h2-3,6-9,11,17H,4-5,10,12,18H2,1H3. The molecule has 1 unspecified atom stereocenters. The maximum atomic E-state index is 6.04. The van der Waals surface area contributed by atoms with Gasteiger partial charge in [0.2, 0.25) is 0 Å². The molecule has 0 spiro atoms. The van der Waals surface area contributed by atoms with E-state index in [0.717, 1.165) is 18.7 Å². The van der Waals surface area contributed by atoms with E-state index in [1.807, 2.05) is 18.3 Å². The van der Waals surface area contributed by atoms with Crippen molar-refractivity contribution in [2.75, 3.05) is 18.0 Å². The molecule has 0 amide bonds. The van der Waals surface area contributed by atoms with Gasteiger partial charge in [-0.05, 0) is 43.5 Å². The van der Waals surface area contributed by atoms with Crippen molar-refractivity contribution in [3.63, 3.8) is 0 Å². The lowest BCUT2D eigenvalue weighted by Gasteiger charge is -2.37. The lowest BCUT2D eigenvalue weighted by atomic mass is 9.97. The molecule has 1 aliphatic rings. The van der Waals surface area contributed by atoms with Gasteiger partial charge >= 0.3 is 0 Å². The molecule has 2 N–H and O–H groups in total. The van der Waals surface area contributed by atoms with Crippen LogP contribution in [0.3, 0.4) is 0 Å². The molecule has 1 aliphatic heterocycles. The van der Waals surface area contributed by atoms with Gasteiger partial charge in [0.05, 0.1) is 11.7 Å². The summed E-state index contributed by atoms with van der Waals surface area (Å²) >= 11 is 0. The summed E-state index contributed by atoms with van der Waals surface area (Å²) < 4.78 is 0. The summed E-state index contributed by atoms with van der Waals surface area (Å²) in [5.74, 6) is 0. The highest BCUT2D eigenvalue weighted by atomic mass is 15.2. The van der Waals surface area contributed by atoms with Gasteiger partial charge < -0.3 is 10.6 Å². The van der Waals surface area contributed by atoms with E-state index in [1.165, 1.54) is 23.2 Å². The van der Waals surface area contributed by atoms with Crippen molar-refractivity contribution in [3.8, 4) is 0 Å². The highest BCUT2D eigenvalue weighted by molar-refractivity contribution is 5.58. The highest BCUT2D eigenvalue weighted by Gasteiger charge is 2.25. The highest BCUT2D eigenvalue weighted by Crippen LogP contribution is 2.33. The van der Waals surface area contributed by atoms with Crippen LogP contribution in [-0.2, 0) is 6.42 Å². The van der Waals surface area contributed by atoms with E-state index in [0.29, 0.717) is 6.54 Å². The molecule has 104 valence electrons. The van der Waals surface area contributed by atoms with Crippen LogP contribution in [0.15, 0.2) is 42.6 Å². The first-order valence-electron chi connectivity index (χ1n) is 7.27. The number of nitrogens with zero attached hydrogens (tertiary/aromatic N) is 2. The third kappa shape index (κ3) is 2.41. The lowest BCUT2D eigenvalue weighted by Crippen LogP contribution is -2.37. The first-order valence-corrected chi connectivity index (χ1v) is 7.27. The summed E-state index contributed by atoms with van der Waals surface area (Å²) in [5.41, 5.74) is 11.2. The van der Waals surface area contributed by atoms with Crippen LogP contribution in [0.5, 0.6) is 0 Å². The van der Waals surface area contributed by atoms with E-state index in [-0.39, 0.29) is 6.04 Å². The molecule has 20 heavy (non-hydrogen) atoms. The van der Waals surface area contributed by atoms with Crippen molar-refractivity contribution >= 4 is 5.69 Å². The van der Waals surface area contributed by atoms with Gasteiger partial charge in [0.15, 0.2) is 0 Å². The van der Waals surface area contributed by atoms with Crippen molar-refractivity contribution in [1.82, 2.24) is 4.98 Å². The van der Waals surface area contributed by atoms with Crippen molar-refractivity contribution < 1.29 is 0 Å². The van der Waals surface area contributed by atoms with E-state index in [2.05, 4.69) is 41.1 Å². The Hall–Kier alpha value is -1.87. The van der Waals surface area contributed by atoms with E-state index in [4.69, 9.17) is 5.73 Å². The molecule has 3 heteroatoms. The number of anilines is 1. The smallest absolute Gasteiger partial charge is 0.0835 e. The number of nitrogens with two attached hydrogens (primary N) is 1. The average molecular weight is 267 g/mol. The zero-order valence-electron chi connectivity index (χ0n) is 11.9. The van der Waals surface area contributed by atoms with Crippen LogP contribution in [0.2, 0.25) is 0 Å². The fourth-order valence-electron chi connectivity index (χ4n) is 3.06. The number of pyridine rings is 1. The second-order valence-electron chi connectivity index (χ2n) is 5.44. The Kier molecular flexibility index (Phi) is 3.70. The number of hydrogen-bond acceptors (Lipinski definition) is 3. The Labute approximate surface area is 120 Å². The Balaban J connectivity index is 1.98. The number of hydrogen-bond donors (Lipinski definition) is 1. The number of aromatic nitrogens is 1. The minimum absolute atomic E-state index is 0.165. The maximum Gasteiger partial charge on any atom is 0.0835 e. The SMILES string of the molecule is Cc1ccc2c(c1)CCCN2C(CN)c1ccccn1. The van der Waals surface area contributed by atoms with Crippen LogP contribution in [0, 0.1) is 6.92 Å². The normalized spacial score (nSPS) is 15.8. The lowest BCUT2D eigenvalue weighted by molar-refractivity contribution is 0.576. The molecule has 0 fully saturated rings. The number of rotatable bonds is 3. The maximum absolute atomic E-state index is 6.04. The summed E-state index contributed by atoms with van der Waals surface area (Å²) in [6.07, 6.45) is 4.19. The van der Waals surface area contributed by atoms with Gasteiger partial charge in [-0.25, -0.2) is 0 Å². The molecule has 1 aromatic heterocycles. The molecule has 1 atom stereocenters. The molecule has 3 rings (SSSR count). The first kappa shape index (κ1) is 13.1. The Morgan fingerprint density at radius 2 is 2.20 bits per heavy atom. The molecule has 2 aromatic rings. The summed E-state index contributed by atoms with van der Waals surface area (Å²) in [4.78, 5) is 6.91. The molecule has 0 saturated heterocycles. The van der Waals surface area contributed by atoms with Gasteiger partial charge in [-0.15, -0.1) is 0 Å². The molecule has 3 nitrogen and oxygen atoms in total. The third-order valence-electron chi connectivity index (χ3n) is 4.02. The zero-order valence-corrected chi connectivity index (χ0v) is 11.9. The molecule has 2 heterocycles. The molecule has 0 aliphatic carbocycles. The van der Waals surface area contributed by atoms with Crippen molar-refractivity contribution in [3.05, 3.63) is 59.4 Å². The molecule has 0 saturated carbocycles. The monoisotopic (exact) mass is 267 g/mol. The van der Waals surface area contributed by atoms with Crippen molar-refractivity contribution in [2.24, 2.45) is 5.73 Å².